The van der Waals surface area contributed by atoms with Crippen molar-refractivity contribution in [1.29, 1.82) is 0 Å². The van der Waals surface area contributed by atoms with E-state index in [0.717, 1.165) is 17.3 Å². The van der Waals surface area contributed by atoms with E-state index in [4.69, 9.17) is 0 Å². The van der Waals surface area contributed by atoms with Crippen LogP contribution in [0, 0.1) is 0 Å². The van der Waals surface area contributed by atoms with Crippen LogP contribution < -0.4 is 10.6 Å². The zero-order chi connectivity index (χ0) is 15.9. The van der Waals surface area contributed by atoms with Gasteiger partial charge in [-0.25, -0.2) is 12.7 Å². The molecule has 1 atom stereocenters. The van der Waals surface area contributed by atoms with E-state index in [1.165, 1.54) is 18.2 Å². The number of halogens is 1. The molecule has 2 heterocycles. The first kappa shape index (κ1) is 17.7. The Morgan fingerprint density at radius 1 is 1.43 bits per heavy atom. The van der Waals surface area contributed by atoms with Crippen LogP contribution in [0.4, 0.5) is 0 Å². The van der Waals surface area contributed by atoms with E-state index in [9.17, 15) is 18.0 Å². The molecular formula is C14H18ClN3O4S. The minimum atomic E-state index is -3.84. The van der Waals surface area contributed by atoms with Gasteiger partial charge in [0, 0.05) is 24.7 Å². The number of carbonyl (C=O) groups is 2. The maximum atomic E-state index is 12.3. The second-order valence-electron chi connectivity index (χ2n) is 5.35. The quantitative estimate of drug-likeness (QED) is 0.812. The third kappa shape index (κ3) is 2.93. The van der Waals surface area contributed by atoms with E-state index in [-0.39, 0.29) is 46.9 Å². The molecule has 23 heavy (non-hydrogen) atoms. The Hall–Kier alpha value is -1.64. The van der Waals surface area contributed by atoms with Crippen LogP contribution in [0.1, 0.15) is 34.1 Å². The normalized spacial score (nSPS) is 21.7. The number of rotatable bonds is 3. The van der Waals surface area contributed by atoms with Crippen LogP contribution in [0.2, 0.25) is 0 Å². The zero-order valence-electron chi connectivity index (χ0n) is 12.5. The van der Waals surface area contributed by atoms with Crippen molar-refractivity contribution in [3.8, 4) is 0 Å². The number of fused-ring (bicyclic) bond motifs is 1. The fraction of sp³-hybridized carbons (Fsp3) is 0.429. The first-order valence-electron chi connectivity index (χ1n) is 7.18. The summed E-state index contributed by atoms with van der Waals surface area (Å²) in [5.74, 6) is -0.862. The van der Waals surface area contributed by atoms with Crippen molar-refractivity contribution in [1.82, 2.24) is 14.9 Å². The Bertz CT molecular complexity index is 744. The maximum Gasteiger partial charge on any atom is 0.268 e. The van der Waals surface area contributed by atoms with Gasteiger partial charge >= 0.3 is 0 Å². The van der Waals surface area contributed by atoms with Gasteiger partial charge < -0.3 is 10.6 Å². The summed E-state index contributed by atoms with van der Waals surface area (Å²) >= 11 is 0. The summed E-state index contributed by atoms with van der Waals surface area (Å²) in [7, 11) is -3.84. The Morgan fingerprint density at radius 2 is 2.17 bits per heavy atom. The highest BCUT2D eigenvalue weighted by Gasteiger charge is 2.40. The Kier molecular flexibility index (Phi) is 4.98. The van der Waals surface area contributed by atoms with Gasteiger partial charge in [-0.15, -0.1) is 12.4 Å². The van der Waals surface area contributed by atoms with Crippen molar-refractivity contribution >= 4 is 34.2 Å². The lowest BCUT2D eigenvalue weighted by Gasteiger charge is -2.12. The van der Waals surface area contributed by atoms with Gasteiger partial charge in [0.25, 0.3) is 21.8 Å². The molecule has 1 aromatic carbocycles. The molecule has 0 radical (unpaired) electrons. The van der Waals surface area contributed by atoms with E-state index < -0.39 is 15.9 Å². The van der Waals surface area contributed by atoms with Gasteiger partial charge in [0.2, 0.25) is 0 Å². The van der Waals surface area contributed by atoms with Crippen LogP contribution in [-0.4, -0.2) is 50.2 Å². The van der Waals surface area contributed by atoms with E-state index in [0.29, 0.717) is 6.54 Å². The van der Waals surface area contributed by atoms with Crippen molar-refractivity contribution in [3.63, 3.8) is 0 Å². The largest absolute Gasteiger partial charge is 0.348 e. The van der Waals surface area contributed by atoms with Crippen molar-refractivity contribution in [2.24, 2.45) is 0 Å². The first-order valence-corrected chi connectivity index (χ1v) is 8.62. The van der Waals surface area contributed by atoms with Crippen molar-refractivity contribution in [2.45, 2.75) is 24.3 Å². The van der Waals surface area contributed by atoms with Crippen LogP contribution in [0.25, 0.3) is 0 Å². The van der Waals surface area contributed by atoms with Gasteiger partial charge in [-0.05, 0) is 38.1 Å². The highest BCUT2D eigenvalue weighted by molar-refractivity contribution is 7.90. The first-order chi connectivity index (χ1) is 10.4. The summed E-state index contributed by atoms with van der Waals surface area (Å²) in [5.41, 5.74) is 0.376. The molecule has 2 aliphatic rings. The summed E-state index contributed by atoms with van der Waals surface area (Å²) in [6.45, 7) is 3.23. The van der Waals surface area contributed by atoms with E-state index in [1.54, 1.807) is 6.92 Å². The van der Waals surface area contributed by atoms with Gasteiger partial charge in [-0.3, -0.25) is 9.59 Å². The number of hydrogen-bond acceptors (Lipinski definition) is 5. The number of sulfonamides is 1. The van der Waals surface area contributed by atoms with Crippen LogP contribution in [0.5, 0.6) is 0 Å². The van der Waals surface area contributed by atoms with Gasteiger partial charge in [0.05, 0.1) is 5.56 Å². The topological polar surface area (TPSA) is 95.6 Å². The van der Waals surface area contributed by atoms with Gasteiger partial charge in [0.15, 0.2) is 0 Å². The van der Waals surface area contributed by atoms with Crippen molar-refractivity contribution in [2.75, 3.05) is 19.6 Å². The molecule has 0 aromatic heterocycles. The molecule has 0 aliphatic carbocycles. The smallest absolute Gasteiger partial charge is 0.268 e. The number of carbonyl (C=O) groups excluding carboxylic acids is 2. The summed E-state index contributed by atoms with van der Waals surface area (Å²) in [6, 6.07) is 4.23. The molecule has 2 amide bonds. The second kappa shape index (κ2) is 6.46. The van der Waals surface area contributed by atoms with Crippen molar-refractivity contribution in [3.05, 3.63) is 29.3 Å². The average molecular weight is 360 g/mol. The van der Waals surface area contributed by atoms with Crippen LogP contribution in [-0.2, 0) is 10.0 Å². The summed E-state index contributed by atoms with van der Waals surface area (Å²) < 4.78 is 25.4. The van der Waals surface area contributed by atoms with E-state index >= 15 is 0 Å². The molecular weight excluding hydrogens is 342 g/mol. The lowest BCUT2D eigenvalue weighted by atomic mass is 10.1. The Balaban J connectivity index is 0.00000192. The number of benzene rings is 1. The number of nitrogens with one attached hydrogen (secondary N) is 2. The molecule has 1 fully saturated rings. The fourth-order valence-corrected chi connectivity index (χ4v) is 4.38. The SMILES string of the molecule is CCN1C(=O)c2ccc(C(=O)NC3CCNC3)cc2S1(=O)=O.Cl. The molecule has 9 heteroatoms. The molecule has 2 N–H and O–H groups in total. The van der Waals surface area contributed by atoms with E-state index in [1.807, 2.05) is 0 Å². The molecule has 0 bridgehead atoms. The third-order valence-corrected chi connectivity index (χ3v) is 5.85. The molecule has 126 valence electrons. The molecule has 7 nitrogen and oxygen atoms in total. The highest BCUT2D eigenvalue weighted by Crippen LogP contribution is 2.30. The summed E-state index contributed by atoms with van der Waals surface area (Å²) in [4.78, 5) is 24.2. The molecule has 0 spiro atoms. The molecule has 3 rings (SSSR count). The summed E-state index contributed by atoms with van der Waals surface area (Å²) in [6.07, 6.45) is 0.844. The number of amides is 2. The van der Waals surface area contributed by atoms with Gasteiger partial charge in [0.1, 0.15) is 4.90 Å². The number of hydrogen-bond donors (Lipinski definition) is 2. The lowest BCUT2D eigenvalue weighted by Crippen LogP contribution is -2.36. The Labute approximate surface area is 140 Å². The number of nitrogens with zero attached hydrogens (tertiary/aromatic N) is 1. The zero-order valence-corrected chi connectivity index (χ0v) is 14.2. The predicted octanol–water partition coefficient (Wildman–Crippen LogP) is 0.365. The molecule has 2 aliphatic heterocycles. The van der Waals surface area contributed by atoms with Gasteiger partial charge in [-0.1, -0.05) is 0 Å². The standard InChI is InChI=1S/C14H17N3O4S.ClH/c1-2-17-14(19)11-4-3-9(7-12(11)22(17,20)21)13(18)16-10-5-6-15-8-10;/h3-4,7,10,15H,2,5-6,8H2,1H3,(H,16,18);1H. The highest BCUT2D eigenvalue weighted by atomic mass is 35.5. The molecule has 0 saturated carbocycles. The monoisotopic (exact) mass is 359 g/mol. The van der Waals surface area contributed by atoms with Crippen molar-refractivity contribution < 1.29 is 18.0 Å². The molecule has 1 unspecified atom stereocenters. The average Bonchev–Trinajstić information content (AvgIpc) is 3.05. The van der Waals surface area contributed by atoms with Gasteiger partial charge in [-0.2, -0.15) is 0 Å². The van der Waals surface area contributed by atoms with Crippen LogP contribution >= 0.6 is 12.4 Å². The van der Waals surface area contributed by atoms with Crippen LogP contribution in [0.15, 0.2) is 23.1 Å². The minimum Gasteiger partial charge on any atom is -0.348 e. The van der Waals surface area contributed by atoms with E-state index in [2.05, 4.69) is 10.6 Å². The molecule has 1 aromatic rings. The Morgan fingerprint density at radius 3 is 2.78 bits per heavy atom. The predicted molar refractivity (Wildman–Crippen MR) is 86.3 cm³/mol. The third-order valence-electron chi connectivity index (χ3n) is 3.95. The summed E-state index contributed by atoms with van der Waals surface area (Å²) in [5, 5.41) is 6.00. The second-order valence-corrected chi connectivity index (χ2v) is 7.18. The van der Waals surface area contributed by atoms with Crippen LogP contribution in [0.3, 0.4) is 0 Å². The maximum absolute atomic E-state index is 12.3. The lowest BCUT2D eigenvalue weighted by molar-refractivity contribution is 0.0873. The minimum absolute atomic E-state index is 0. The molecule has 1 saturated heterocycles. The fourth-order valence-electron chi connectivity index (χ4n) is 2.78.